The highest BCUT2D eigenvalue weighted by Crippen LogP contribution is 2.68. The normalized spacial score (nSPS) is 58.2. The molecule has 4 fully saturated rings. The van der Waals surface area contributed by atoms with Crippen LogP contribution in [0.5, 0.6) is 0 Å². The van der Waals surface area contributed by atoms with Gasteiger partial charge in [-0.15, -0.1) is 0 Å². The summed E-state index contributed by atoms with van der Waals surface area (Å²) < 4.78 is 28.0. The van der Waals surface area contributed by atoms with Crippen LogP contribution in [0.2, 0.25) is 0 Å². The molecule has 0 unspecified atom stereocenters. The van der Waals surface area contributed by atoms with Crippen molar-refractivity contribution in [2.75, 3.05) is 0 Å². The maximum atomic E-state index is 14.0. The Morgan fingerprint density at radius 2 is 1.61 bits per heavy atom. The van der Waals surface area contributed by atoms with E-state index in [1.54, 1.807) is 0 Å². The van der Waals surface area contributed by atoms with Gasteiger partial charge in [-0.25, -0.2) is 8.78 Å². The highest BCUT2D eigenvalue weighted by Gasteiger charge is 2.63. The van der Waals surface area contributed by atoms with E-state index in [9.17, 15) is 13.9 Å². The number of hydrogen-bond acceptors (Lipinski definition) is 1. The second kappa shape index (κ2) is 4.93. The molecule has 0 spiro atoms. The van der Waals surface area contributed by atoms with Crippen molar-refractivity contribution < 1.29 is 13.9 Å². The van der Waals surface area contributed by atoms with Crippen LogP contribution in [0, 0.1) is 40.4 Å². The van der Waals surface area contributed by atoms with Gasteiger partial charge in [0.15, 0.2) is 0 Å². The fourth-order valence-corrected chi connectivity index (χ4v) is 7.53. The minimum absolute atomic E-state index is 0.0806. The van der Waals surface area contributed by atoms with Gasteiger partial charge in [-0.3, -0.25) is 0 Å². The summed E-state index contributed by atoms with van der Waals surface area (Å²) in [4.78, 5) is 0. The molecule has 132 valence electrons. The molecule has 4 rings (SSSR count). The summed E-state index contributed by atoms with van der Waals surface area (Å²) in [5.41, 5.74) is 0.185. The van der Waals surface area contributed by atoms with Gasteiger partial charge in [0.2, 0.25) is 5.92 Å². The van der Waals surface area contributed by atoms with Gasteiger partial charge >= 0.3 is 0 Å². The third kappa shape index (κ3) is 2.17. The zero-order valence-electron chi connectivity index (χ0n) is 14.8. The lowest BCUT2D eigenvalue weighted by molar-refractivity contribution is -0.181. The molecule has 0 bridgehead atoms. The van der Waals surface area contributed by atoms with Crippen LogP contribution < -0.4 is 0 Å². The number of halogens is 2. The van der Waals surface area contributed by atoms with E-state index < -0.39 is 5.92 Å². The molecule has 4 saturated carbocycles. The van der Waals surface area contributed by atoms with Crippen molar-refractivity contribution in [2.45, 2.75) is 84.2 Å². The molecular formula is C20H32F2O. The number of rotatable bonds is 0. The quantitative estimate of drug-likeness (QED) is 0.643. The van der Waals surface area contributed by atoms with E-state index >= 15 is 0 Å². The predicted molar refractivity (Wildman–Crippen MR) is 87.2 cm³/mol. The van der Waals surface area contributed by atoms with E-state index in [1.165, 1.54) is 0 Å². The van der Waals surface area contributed by atoms with Gasteiger partial charge < -0.3 is 5.11 Å². The van der Waals surface area contributed by atoms with Crippen LogP contribution in [0.4, 0.5) is 8.78 Å². The standard InChI is InChI=1S/C20H32F2O/c1-12-10-13-11-20(21,22)9-8-18(13,2)15-6-7-19(3)14(17(12)15)4-5-16(19)23/h12-17,23H,4-11H2,1-3H3/t12-,13+,14+,15+,16+,17+,18+,19+/m1/s1. The number of hydrogen-bond donors (Lipinski definition) is 1. The smallest absolute Gasteiger partial charge is 0.248 e. The van der Waals surface area contributed by atoms with Gasteiger partial charge in [-0.05, 0) is 78.9 Å². The van der Waals surface area contributed by atoms with Crippen LogP contribution >= 0.6 is 0 Å². The number of fused-ring (bicyclic) bond motifs is 5. The lowest BCUT2D eigenvalue weighted by Gasteiger charge is -2.62. The van der Waals surface area contributed by atoms with Crippen molar-refractivity contribution in [1.29, 1.82) is 0 Å². The van der Waals surface area contributed by atoms with Gasteiger partial charge in [-0.1, -0.05) is 20.8 Å². The molecule has 0 saturated heterocycles. The average molecular weight is 326 g/mol. The molecule has 3 heteroatoms. The Kier molecular flexibility index (Phi) is 3.49. The summed E-state index contributed by atoms with van der Waals surface area (Å²) in [6, 6.07) is 0. The molecule has 0 radical (unpaired) electrons. The lowest BCUT2D eigenvalue weighted by Crippen LogP contribution is -2.57. The molecule has 1 N–H and O–H groups in total. The van der Waals surface area contributed by atoms with Crippen LogP contribution in [0.25, 0.3) is 0 Å². The van der Waals surface area contributed by atoms with Crippen molar-refractivity contribution in [2.24, 2.45) is 40.4 Å². The summed E-state index contributed by atoms with van der Waals surface area (Å²) in [5, 5.41) is 10.5. The van der Waals surface area contributed by atoms with E-state index in [1.807, 2.05) is 0 Å². The lowest BCUT2D eigenvalue weighted by atomic mass is 9.43. The highest BCUT2D eigenvalue weighted by molar-refractivity contribution is 5.11. The Bertz CT molecular complexity index is 492. The maximum absolute atomic E-state index is 14.0. The van der Waals surface area contributed by atoms with Crippen molar-refractivity contribution >= 4 is 0 Å². The van der Waals surface area contributed by atoms with Crippen LogP contribution in [0.15, 0.2) is 0 Å². The maximum Gasteiger partial charge on any atom is 0.248 e. The second-order valence-electron chi connectivity index (χ2n) is 9.90. The molecule has 0 aromatic carbocycles. The van der Waals surface area contributed by atoms with E-state index in [-0.39, 0.29) is 35.7 Å². The number of aliphatic hydroxyl groups is 1. The van der Waals surface area contributed by atoms with Crippen LogP contribution in [0.3, 0.4) is 0 Å². The molecule has 1 nitrogen and oxygen atoms in total. The van der Waals surface area contributed by atoms with Gasteiger partial charge in [-0.2, -0.15) is 0 Å². The fourth-order valence-electron chi connectivity index (χ4n) is 7.53. The zero-order valence-corrected chi connectivity index (χ0v) is 14.8. The molecule has 4 aliphatic rings. The minimum Gasteiger partial charge on any atom is -0.393 e. The Morgan fingerprint density at radius 1 is 0.913 bits per heavy atom. The van der Waals surface area contributed by atoms with Crippen molar-refractivity contribution in [3.63, 3.8) is 0 Å². The first-order valence-corrected chi connectivity index (χ1v) is 9.73. The first-order valence-electron chi connectivity index (χ1n) is 9.73. The Labute approximate surface area is 139 Å². The third-order valence-electron chi connectivity index (χ3n) is 8.95. The average Bonchev–Trinajstić information content (AvgIpc) is 2.77. The largest absolute Gasteiger partial charge is 0.393 e. The molecule has 0 amide bonds. The Hall–Kier alpha value is -0.180. The SMILES string of the molecule is C[C@@H]1C[C@H]2CC(F)(F)CC[C@]2(C)[C@H]2CC[C@]3(C)[C@@H](O)CC[C@H]3[C@H]12. The molecule has 0 heterocycles. The van der Waals surface area contributed by atoms with Gasteiger partial charge in [0.05, 0.1) is 6.10 Å². The van der Waals surface area contributed by atoms with Gasteiger partial charge in [0, 0.05) is 12.8 Å². The van der Waals surface area contributed by atoms with Crippen LogP contribution in [-0.4, -0.2) is 17.1 Å². The summed E-state index contributed by atoms with van der Waals surface area (Å²) in [5.74, 6) is 0.116. The van der Waals surface area contributed by atoms with Gasteiger partial charge in [0.25, 0.3) is 0 Å². The highest BCUT2D eigenvalue weighted by atomic mass is 19.3. The molecule has 8 atom stereocenters. The summed E-state index contributed by atoms with van der Waals surface area (Å²) in [6.07, 6.45) is 6.02. The van der Waals surface area contributed by atoms with E-state index in [0.29, 0.717) is 30.1 Å². The van der Waals surface area contributed by atoms with E-state index in [4.69, 9.17) is 0 Å². The topological polar surface area (TPSA) is 20.2 Å². The zero-order chi connectivity index (χ0) is 16.6. The number of alkyl halides is 2. The predicted octanol–water partition coefficient (Wildman–Crippen LogP) is 5.27. The fraction of sp³-hybridized carbons (Fsp3) is 1.00. The van der Waals surface area contributed by atoms with Crippen molar-refractivity contribution in [3.8, 4) is 0 Å². The van der Waals surface area contributed by atoms with Crippen LogP contribution in [0.1, 0.15) is 72.1 Å². The summed E-state index contributed by atoms with van der Waals surface area (Å²) in [6.45, 7) is 6.92. The first kappa shape index (κ1) is 16.3. The summed E-state index contributed by atoms with van der Waals surface area (Å²) >= 11 is 0. The molecule has 4 aliphatic carbocycles. The summed E-state index contributed by atoms with van der Waals surface area (Å²) in [7, 11) is 0. The van der Waals surface area contributed by atoms with Gasteiger partial charge in [0.1, 0.15) is 0 Å². The van der Waals surface area contributed by atoms with E-state index in [2.05, 4.69) is 20.8 Å². The molecular weight excluding hydrogens is 294 g/mol. The number of aliphatic hydroxyl groups excluding tert-OH is 1. The molecule has 0 aliphatic heterocycles. The third-order valence-corrected chi connectivity index (χ3v) is 8.95. The van der Waals surface area contributed by atoms with E-state index in [0.717, 1.165) is 32.1 Å². The Balaban J connectivity index is 1.67. The van der Waals surface area contributed by atoms with Crippen LogP contribution in [-0.2, 0) is 0 Å². The monoisotopic (exact) mass is 326 g/mol. The Morgan fingerprint density at radius 3 is 2.35 bits per heavy atom. The van der Waals surface area contributed by atoms with Crippen molar-refractivity contribution in [1.82, 2.24) is 0 Å². The first-order chi connectivity index (χ1) is 10.7. The molecule has 0 aromatic rings. The molecule has 0 aromatic heterocycles. The van der Waals surface area contributed by atoms with Crippen molar-refractivity contribution in [3.05, 3.63) is 0 Å². The second-order valence-corrected chi connectivity index (χ2v) is 9.90. The minimum atomic E-state index is -2.44. The molecule has 23 heavy (non-hydrogen) atoms.